The summed E-state index contributed by atoms with van der Waals surface area (Å²) in [4.78, 5) is 46.2. The van der Waals surface area contributed by atoms with Gasteiger partial charge in [0.15, 0.2) is 17.3 Å². The van der Waals surface area contributed by atoms with Crippen LogP contribution in [0, 0.1) is 18.2 Å². The number of rotatable bonds is 5. The van der Waals surface area contributed by atoms with E-state index in [1.807, 2.05) is 55.1 Å². The van der Waals surface area contributed by atoms with Crippen LogP contribution in [0.15, 0.2) is 97.1 Å². The Hall–Kier alpha value is -4.84. The molecule has 1 saturated heterocycles. The van der Waals surface area contributed by atoms with Gasteiger partial charge in [-0.05, 0) is 38.1 Å². The SMILES string of the molecule is CCOc1ccccc1[C@H]1[C@H](C(=O)c2ccc(C)cc2)N2c3ccc(F)cc3C=C[C@H]2C12C(=O)c1ccccc1C2=O. The van der Waals surface area contributed by atoms with Crippen LogP contribution in [-0.2, 0) is 0 Å². The number of benzene rings is 4. The Kier molecular flexibility index (Phi) is 5.98. The number of hydrogen-bond donors (Lipinski definition) is 0. The molecule has 1 aliphatic carbocycles. The van der Waals surface area contributed by atoms with Crippen LogP contribution >= 0.6 is 0 Å². The van der Waals surface area contributed by atoms with Crippen molar-refractivity contribution >= 4 is 29.1 Å². The van der Waals surface area contributed by atoms with Crippen molar-refractivity contribution in [3.63, 3.8) is 0 Å². The summed E-state index contributed by atoms with van der Waals surface area (Å²) < 4.78 is 20.5. The minimum absolute atomic E-state index is 0.227. The van der Waals surface area contributed by atoms with Gasteiger partial charge >= 0.3 is 0 Å². The van der Waals surface area contributed by atoms with Crippen molar-refractivity contribution < 1.29 is 23.5 Å². The maximum atomic E-state index is 14.8. The van der Waals surface area contributed by atoms with Crippen LogP contribution in [0.1, 0.15) is 60.6 Å². The first-order valence-corrected chi connectivity index (χ1v) is 14.1. The van der Waals surface area contributed by atoms with E-state index in [0.29, 0.717) is 45.9 Å². The van der Waals surface area contributed by atoms with Crippen LogP contribution in [0.5, 0.6) is 5.75 Å². The van der Waals surface area contributed by atoms with Gasteiger partial charge in [-0.1, -0.05) is 84.4 Å². The normalized spacial score (nSPS) is 21.3. The number of halogens is 1. The molecule has 2 heterocycles. The van der Waals surface area contributed by atoms with Gasteiger partial charge in [-0.25, -0.2) is 4.39 Å². The fraction of sp³-hybridized carbons (Fsp3) is 0.194. The number of fused-ring (bicyclic) bond motifs is 5. The van der Waals surface area contributed by atoms with Crippen LogP contribution in [0.3, 0.4) is 0 Å². The van der Waals surface area contributed by atoms with Crippen LogP contribution < -0.4 is 9.64 Å². The van der Waals surface area contributed by atoms with Gasteiger partial charge < -0.3 is 9.64 Å². The third-order valence-electron chi connectivity index (χ3n) is 8.92. The Bertz CT molecular complexity index is 1770. The second-order valence-electron chi connectivity index (χ2n) is 11.1. The molecule has 3 atom stereocenters. The number of hydrogen-bond acceptors (Lipinski definition) is 5. The molecule has 7 rings (SSSR count). The Morgan fingerprint density at radius 3 is 2.26 bits per heavy atom. The highest BCUT2D eigenvalue weighted by atomic mass is 19.1. The molecule has 0 aromatic heterocycles. The van der Waals surface area contributed by atoms with Gasteiger partial charge in [-0.15, -0.1) is 0 Å². The predicted octanol–water partition coefficient (Wildman–Crippen LogP) is 6.85. The number of ether oxygens (including phenoxy) is 1. The van der Waals surface area contributed by atoms with E-state index in [2.05, 4.69) is 0 Å². The van der Waals surface area contributed by atoms with E-state index in [0.717, 1.165) is 5.56 Å². The summed E-state index contributed by atoms with van der Waals surface area (Å²) >= 11 is 0. The number of ketones is 3. The van der Waals surface area contributed by atoms with Gasteiger partial charge in [0.05, 0.1) is 12.6 Å². The first-order valence-electron chi connectivity index (χ1n) is 14.1. The third-order valence-corrected chi connectivity index (χ3v) is 8.92. The first-order chi connectivity index (χ1) is 20.4. The molecule has 208 valence electrons. The molecule has 1 spiro atoms. The molecule has 1 fully saturated rings. The molecule has 0 unspecified atom stereocenters. The number of nitrogens with zero attached hydrogens (tertiary/aromatic N) is 1. The maximum absolute atomic E-state index is 14.8. The molecule has 5 nitrogen and oxygen atoms in total. The summed E-state index contributed by atoms with van der Waals surface area (Å²) in [5.41, 5.74) is 2.32. The molecule has 0 N–H and O–H groups in total. The highest BCUT2D eigenvalue weighted by molar-refractivity contribution is 6.32. The Labute approximate surface area is 243 Å². The van der Waals surface area contributed by atoms with Gasteiger partial charge in [0.1, 0.15) is 23.0 Å². The lowest BCUT2D eigenvalue weighted by Gasteiger charge is -2.37. The van der Waals surface area contributed by atoms with Gasteiger partial charge in [-0.2, -0.15) is 0 Å². The molecular formula is C36H28FNO4. The third kappa shape index (κ3) is 3.51. The summed E-state index contributed by atoms with van der Waals surface area (Å²) in [6, 6.07) is 24.2. The van der Waals surface area contributed by atoms with E-state index >= 15 is 0 Å². The Morgan fingerprint density at radius 1 is 0.905 bits per heavy atom. The number of carbonyl (C=O) groups is 3. The fourth-order valence-electron chi connectivity index (χ4n) is 7.20. The monoisotopic (exact) mass is 557 g/mol. The number of Topliss-reactive ketones (excluding diaryl/α,β-unsaturated/α-hetero) is 3. The van der Waals surface area contributed by atoms with E-state index < -0.39 is 29.2 Å². The number of aryl methyl sites for hydroxylation is 1. The highest BCUT2D eigenvalue weighted by Crippen LogP contribution is 2.62. The molecule has 0 radical (unpaired) electrons. The van der Waals surface area contributed by atoms with E-state index in [9.17, 15) is 18.8 Å². The van der Waals surface area contributed by atoms with Crippen molar-refractivity contribution in [2.75, 3.05) is 11.5 Å². The van der Waals surface area contributed by atoms with Gasteiger partial charge in [-0.3, -0.25) is 14.4 Å². The zero-order valence-corrected chi connectivity index (χ0v) is 23.2. The van der Waals surface area contributed by atoms with Gasteiger partial charge in [0.2, 0.25) is 0 Å². The van der Waals surface area contributed by atoms with E-state index in [1.165, 1.54) is 12.1 Å². The average molecular weight is 558 g/mol. The second-order valence-corrected chi connectivity index (χ2v) is 11.1. The fourth-order valence-corrected chi connectivity index (χ4v) is 7.20. The standard InChI is InChI=1S/C36H28FNO4/c1-3-42-29-11-7-6-10-27(29)31-32(33(39)22-14-12-21(2)13-15-22)38-28-18-17-24(37)20-23(28)16-19-30(38)36(31)34(40)25-8-4-5-9-26(25)35(36)41/h4-20,30-32H,3H2,1-2H3/t30-,31-,32+/m0/s1. The van der Waals surface area contributed by atoms with Crippen molar-refractivity contribution in [2.24, 2.45) is 5.41 Å². The second kappa shape index (κ2) is 9.62. The lowest BCUT2D eigenvalue weighted by molar-refractivity contribution is 0.0664. The zero-order chi connectivity index (χ0) is 29.2. The van der Waals surface area contributed by atoms with Crippen molar-refractivity contribution in [1.29, 1.82) is 0 Å². The predicted molar refractivity (Wildman–Crippen MR) is 159 cm³/mol. The lowest BCUT2D eigenvalue weighted by Crippen LogP contribution is -2.48. The van der Waals surface area contributed by atoms with Crippen molar-refractivity contribution in [1.82, 2.24) is 0 Å². The minimum atomic E-state index is -1.65. The largest absolute Gasteiger partial charge is 0.494 e. The number of anilines is 1. The van der Waals surface area contributed by atoms with Crippen molar-refractivity contribution in [3.05, 3.63) is 136 Å². The molecule has 2 aliphatic heterocycles. The smallest absolute Gasteiger partial charge is 0.185 e. The van der Waals surface area contributed by atoms with Gasteiger partial charge in [0.25, 0.3) is 0 Å². The van der Waals surface area contributed by atoms with Crippen LogP contribution in [0.4, 0.5) is 10.1 Å². The molecular weight excluding hydrogens is 529 g/mol. The molecule has 0 bridgehead atoms. The molecule has 4 aromatic carbocycles. The van der Waals surface area contributed by atoms with Crippen LogP contribution in [0.25, 0.3) is 6.08 Å². The molecule has 3 aliphatic rings. The Morgan fingerprint density at radius 2 is 1.57 bits per heavy atom. The summed E-state index contributed by atoms with van der Waals surface area (Å²) in [7, 11) is 0. The summed E-state index contributed by atoms with van der Waals surface area (Å²) in [5, 5.41) is 0. The van der Waals surface area contributed by atoms with Crippen molar-refractivity contribution in [3.8, 4) is 5.75 Å². The van der Waals surface area contributed by atoms with Crippen molar-refractivity contribution in [2.45, 2.75) is 31.8 Å². The first kappa shape index (κ1) is 26.1. The Balaban J connectivity index is 1.56. The molecule has 4 aromatic rings. The van der Waals surface area contributed by atoms with E-state index in [4.69, 9.17) is 4.74 Å². The molecule has 0 amide bonds. The molecule has 42 heavy (non-hydrogen) atoms. The summed E-state index contributed by atoms with van der Waals surface area (Å²) in [6.07, 6.45) is 3.55. The van der Waals surface area contributed by atoms with Gasteiger partial charge in [0, 0.05) is 39.4 Å². The van der Waals surface area contributed by atoms with Crippen LogP contribution in [0.2, 0.25) is 0 Å². The maximum Gasteiger partial charge on any atom is 0.185 e. The quantitative estimate of drug-likeness (QED) is 0.198. The number of carbonyl (C=O) groups excluding carboxylic acids is 3. The lowest BCUT2D eigenvalue weighted by atomic mass is 9.64. The highest BCUT2D eigenvalue weighted by Gasteiger charge is 2.71. The minimum Gasteiger partial charge on any atom is -0.494 e. The summed E-state index contributed by atoms with van der Waals surface area (Å²) in [6.45, 7) is 4.18. The van der Waals surface area contributed by atoms with E-state index in [-0.39, 0.29) is 17.3 Å². The van der Waals surface area contributed by atoms with Crippen LogP contribution in [-0.4, -0.2) is 36.0 Å². The molecule has 6 heteroatoms. The number of para-hydroxylation sites is 1. The zero-order valence-electron chi connectivity index (χ0n) is 23.2. The van der Waals surface area contributed by atoms with E-state index in [1.54, 1.807) is 54.6 Å². The molecule has 0 saturated carbocycles. The average Bonchev–Trinajstić information content (AvgIpc) is 3.43. The topological polar surface area (TPSA) is 63.7 Å². The summed E-state index contributed by atoms with van der Waals surface area (Å²) in [5.74, 6) is -1.65.